The van der Waals surface area contributed by atoms with Gasteiger partial charge in [0.15, 0.2) is 5.76 Å². The molecular formula is C19H27N2O5S2Si2. The first-order valence-electron chi connectivity index (χ1n) is 9.71. The van der Waals surface area contributed by atoms with Crippen molar-refractivity contribution in [2.24, 2.45) is 0 Å². The molecule has 0 spiro atoms. The minimum atomic E-state index is -2.15. The van der Waals surface area contributed by atoms with E-state index in [0.717, 1.165) is 23.5 Å². The Morgan fingerprint density at radius 1 is 1.40 bits per heavy atom. The fraction of sp³-hybridized carbons (Fsp3) is 0.526. The highest BCUT2D eigenvalue weighted by molar-refractivity contribution is 8.14. The van der Waals surface area contributed by atoms with Gasteiger partial charge >= 0.3 is 5.97 Å². The molecule has 163 valence electrons. The lowest BCUT2D eigenvalue weighted by molar-refractivity contribution is -0.148. The number of furan rings is 1. The molecule has 0 saturated carbocycles. The highest BCUT2D eigenvalue weighted by Crippen LogP contribution is 2.41. The maximum Gasteiger partial charge on any atom is 0.341 e. The number of rotatable bonds is 8. The Balaban J connectivity index is 1.80. The molecule has 2 atom stereocenters. The van der Waals surface area contributed by atoms with E-state index in [2.05, 4.69) is 18.4 Å². The van der Waals surface area contributed by atoms with Crippen LogP contribution in [0.4, 0.5) is 0 Å². The quantitative estimate of drug-likeness (QED) is 0.446. The fourth-order valence-corrected chi connectivity index (χ4v) is 6.68. The highest BCUT2D eigenvalue weighted by atomic mass is 32.2. The first-order valence-corrected chi connectivity index (χ1v) is 17.9. The Hall–Kier alpha value is -1.28. The highest BCUT2D eigenvalue weighted by Gasteiger charge is 2.53. The zero-order chi connectivity index (χ0) is 22.1. The summed E-state index contributed by atoms with van der Waals surface area (Å²) in [6.07, 6.45) is 2.29. The summed E-state index contributed by atoms with van der Waals surface area (Å²) in [5, 5.41) is 3.04. The van der Waals surface area contributed by atoms with Crippen LogP contribution in [0.5, 0.6) is 0 Å². The number of hydrogen-bond donors (Lipinski definition) is 1. The van der Waals surface area contributed by atoms with Gasteiger partial charge < -0.3 is 14.2 Å². The normalized spacial score (nSPS) is 21.5. The van der Waals surface area contributed by atoms with E-state index < -0.39 is 23.1 Å². The molecule has 1 amide bonds. The zero-order valence-corrected chi connectivity index (χ0v) is 21.4. The second-order valence-corrected chi connectivity index (χ2v) is 17.7. The van der Waals surface area contributed by atoms with Crippen LogP contribution >= 0.6 is 23.5 Å². The fourth-order valence-electron chi connectivity index (χ4n) is 3.10. The average molecular weight is 484 g/mol. The Morgan fingerprint density at radius 2 is 2.13 bits per heavy atom. The van der Waals surface area contributed by atoms with E-state index in [4.69, 9.17) is 8.84 Å². The maximum absolute atomic E-state index is 13.0. The van der Waals surface area contributed by atoms with Crippen molar-refractivity contribution >= 4 is 57.6 Å². The van der Waals surface area contributed by atoms with E-state index in [1.54, 1.807) is 28.8 Å². The Morgan fingerprint density at radius 3 is 2.73 bits per heavy atom. The van der Waals surface area contributed by atoms with E-state index in [0.29, 0.717) is 17.2 Å². The van der Waals surface area contributed by atoms with Crippen LogP contribution in [0.25, 0.3) is 0 Å². The van der Waals surface area contributed by atoms with Gasteiger partial charge in [0.25, 0.3) is 5.12 Å². The van der Waals surface area contributed by atoms with Crippen molar-refractivity contribution in [3.05, 3.63) is 35.4 Å². The first-order chi connectivity index (χ1) is 14.1. The van der Waals surface area contributed by atoms with Crippen LogP contribution in [-0.4, -0.2) is 68.1 Å². The van der Waals surface area contributed by atoms with Crippen LogP contribution in [0, 0.1) is 0 Å². The van der Waals surface area contributed by atoms with Gasteiger partial charge in [0.05, 0.1) is 15.1 Å². The van der Waals surface area contributed by atoms with Gasteiger partial charge in [-0.3, -0.25) is 14.5 Å². The molecule has 1 N–H and O–H groups in total. The molecule has 2 aliphatic rings. The van der Waals surface area contributed by atoms with Crippen molar-refractivity contribution in [2.75, 3.05) is 17.7 Å². The zero-order valence-electron chi connectivity index (χ0n) is 17.8. The van der Waals surface area contributed by atoms with Crippen LogP contribution in [0.2, 0.25) is 32.7 Å². The molecule has 3 heterocycles. The number of thioether (sulfide) groups is 2. The van der Waals surface area contributed by atoms with Crippen LogP contribution in [0.1, 0.15) is 10.6 Å². The van der Waals surface area contributed by atoms with Crippen molar-refractivity contribution in [2.45, 2.75) is 44.2 Å². The summed E-state index contributed by atoms with van der Waals surface area (Å²) < 4.78 is 10.9. The summed E-state index contributed by atoms with van der Waals surface area (Å²) in [4.78, 5) is 39.8. The van der Waals surface area contributed by atoms with Gasteiger partial charge in [0.1, 0.15) is 17.1 Å². The molecule has 2 aliphatic heterocycles. The number of nitrogens with one attached hydrogen (secondary N) is 1. The SMILES string of the molecule is C[Si](C)CNC1C(=O)N2C(C(=O)O[Si](C)(C)C)=C(CSC(=O)c3ccco3)CSC12. The van der Waals surface area contributed by atoms with Gasteiger partial charge in [0, 0.05) is 11.5 Å². The van der Waals surface area contributed by atoms with Crippen molar-refractivity contribution in [3.8, 4) is 0 Å². The predicted molar refractivity (Wildman–Crippen MR) is 124 cm³/mol. The molecule has 1 fully saturated rings. The molecule has 11 heteroatoms. The largest absolute Gasteiger partial charge is 0.515 e. The molecule has 2 unspecified atom stereocenters. The van der Waals surface area contributed by atoms with Gasteiger partial charge in [-0.1, -0.05) is 24.9 Å². The molecule has 1 radical (unpaired) electrons. The summed E-state index contributed by atoms with van der Waals surface area (Å²) in [7, 11) is -2.66. The second kappa shape index (κ2) is 9.47. The first kappa shape index (κ1) is 23.4. The third-order valence-corrected chi connectivity index (χ3v) is 8.42. The number of nitrogens with zero attached hydrogens (tertiary/aromatic N) is 1. The van der Waals surface area contributed by atoms with Gasteiger partial charge in [-0.05, 0) is 43.5 Å². The minimum Gasteiger partial charge on any atom is -0.515 e. The topological polar surface area (TPSA) is 88.9 Å². The van der Waals surface area contributed by atoms with Crippen molar-refractivity contribution < 1.29 is 23.2 Å². The standard InChI is InChI=1S/C19H27N2O5S2Si2/c1-29(2)11-20-14-16(22)21-15(18(23)26-30(3,4)5)12(9-27-17(14)21)10-28-19(24)13-7-6-8-25-13/h6-8,14,17,20H,9-11H2,1-5H3. The third-order valence-electron chi connectivity index (χ3n) is 4.41. The number of carbonyl (C=O) groups is 3. The summed E-state index contributed by atoms with van der Waals surface area (Å²) in [6, 6.07) is 3.00. The Kier molecular flexibility index (Phi) is 7.38. The number of fused-ring (bicyclic) bond motifs is 1. The van der Waals surface area contributed by atoms with Gasteiger partial charge in [0.2, 0.25) is 14.2 Å². The predicted octanol–water partition coefficient (Wildman–Crippen LogP) is 2.95. The molecule has 0 aliphatic carbocycles. The number of amides is 1. The summed E-state index contributed by atoms with van der Waals surface area (Å²) in [6.45, 7) is 10.2. The Bertz CT molecular complexity index is 852. The van der Waals surface area contributed by atoms with Crippen LogP contribution in [0.3, 0.4) is 0 Å². The molecule has 0 aromatic carbocycles. The monoisotopic (exact) mass is 483 g/mol. The smallest absolute Gasteiger partial charge is 0.341 e. The summed E-state index contributed by atoms with van der Waals surface area (Å²) in [5.41, 5.74) is 1.08. The lowest BCUT2D eigenvalue weighted by Crippen LogP contribution is -2.70. The van der Waals surface area contributed by atoms with Gasteiger partial charge in [-0.2, -0.15) is 0 Å². The van der Waals surface area contributed by atoms with Crippen LogP contribution in [0.15, 0.2) is 34.1 Å². The number of hydrogen-bond acceptors (Lipinski definition) is 8. The molecule has 3 rings (SSSR count). The Labute approximate surface area is 188 Å². The summed E-state index contributed by atoms with van der Waals surface area (Å²) >= 11 is 2.70. The maximum atomic E-state index is 13.0. The van der Waals surface area contributed by atoms with E-state index in [1.165, 1.54) is 6.26 Å². The third kappa shape index (κ3) is 5.31. The molecule has 1 aromatic heterocycles. The van der Waals surface area contributed by atoms with Crippen LogP contribution in [-0.2, 0) is 14.0 Å². The minimum absolute atomic E-state index is 0.0992. The van der Waals surface area contributed by atoms with E-state index in [9.17, 15) is 14.4 Å². The van der Waals surface area contributed by atoms with E-state index >= 15 is 0 Å². The van der Waals surface area contributed by atoms with E-state index in [1.807, 2.05) is 19.6 Å². The van der Waals surface area contributed by atoms with Crippen molar-refractivity contribution in [1.29, 1.82) is 0 Å². The van der Waals surface area contributed by atoms with Crippen molar-refractivity contribution in [1.82, 2.24) is 10.2 Å². The molecule has 30 heavy (non-hydrogen) atoms. The summed E-state index contributed by atoms with van der Waals surface area (Å²) in [5.74, 6) is 0.612. The van der Waals surface area contributed by atoms with Gasteiger partial charge in [-0.15, -0.1) is 11.8 Å². The number of carbonyl (C=O) groups excluding carboxylic acids is 3. The van der Waals surface area contributed by atoms with Crippen LogP contribution < -0.4 is 5.32 Å². The number of β-lactam (4-membered cyclic amide) rings is 1. The molecule has 0 bridgehead atoms. The molecule has 1 saturated heterocycles. The molecular weight excluding hydrogens is 457 g/mol. The lowest BCUT2D eigenvalue weighted by Gasteiger charge is -2.50. The van der Waals surface area contributed by atoms with E-state index in [-0.39, 0.29) is 28.2 Å². The molecule has 7 nitrogen and oxygen atoms in total. The lowest BCUT2D eigenvalue weighted by atomic mass is 10.0. The average Bonchev–Trinajstić information content (AvgIpc) is 3.18. The second-order valence-electron chi connectivity index (χ2n) is 8.48. The van der Waals surface area contributed by atoms with Gasteiger partial charge in [-0.25, -0.2) is 4.79 Å². The molecule has 1 aromatic rings. The van der Waals surface area contributed by atoms with Crippen molar-refractivity contribution in [3.63, 3.8) is 0 Å².